The Hall–Kier alpha value is -3.38. The number of ether oxygens (including phenoxy) is 2. The lowest BCUT2D eigenvalue weighted by atomic mass is 9.99. The monoisotopic (exact) mass is 447 g/mol. The van der Waals surface area contributed by atoms with Gasteiger partial charge in [-0.2, -0.15) is 0 Å². The molecule has 1 saturated heterocycles. The van der Waals surface area contributed by atoms with Gasteiger partial charge in [-0.15, -0.1) is 0 Å². The van der Waals surface area contributed by atoms with E-state index in [4.69, 9.17) is 15.0 Å². The zero-order valence-corrected chi connectivity index (χ0v) is 16.5. The number of hydrogen-bond acceptors (Lipinski definition) is 10. The summed E-state index contributed by atoms with van der Waals surface area (Å²) in [7, 11) is 0. The molecule has 2 aromatic carbocycles. The number of Topliss-reactive ketones (excluding diaryl/α,β-unsaturated/α-hetero) is 1. The van der Waals surface area contributed by atoms with Crippen LogP contribution in [-0.2, 0) is 11.2 Å². The van der Waals surface area contributed by atoms with Gasteiger partial charge in [0.05, 0.1) is 6.61 Å². The Bertz CT molecular complexity index is 1020. The van der Waals surface area contributed by atoms with Crippen molar-refractivity contribution in [3.63, 3.8) is 0 Å². The van der Waals surface area contributed by atoms with E-state index in [-0.39, 0.29) is 17.7 Å². The smallest absolute Gasteiger partial charge is 0.229 e. The second kappa shape index (κ2) is 9.83. The third kappa shape index (κ3) is 4.92. The second-order valence-corrected chi connectivity index (χ2v) is 7.11. The Kier molecular flexibility index (Phi) is 7.15. The number of rotatable bonds is 7. The van der Waals surface area contributed by atoms with Gasteiger partial charge in [-0.3, -0.25) is 4.79 Å². The highest BCUT2D eigenvalue weighted by atomic mass is 16.7. The van der Waals surface area contributed by atoms with Gasteiger partial charge >= 0.3 is 0 Å². The van der Waals surface area contributed by atoms with E-state index in [1.165, 1.54) is 12.1 Å². The molecular formula is C20H21N3O9. The van der Waals surface area contributed by atoms with Gasteiger partial charge in [0.25, 0.3) is 0 Å². The van der Waals surface area contributed by atoms with Crippen LogP contribution in [0.4, 0.5) is 5.69 Å². The van der Waals surface area contributed by atoms with Gasteiger partial charge in [0.15, 0.2) is 5.78 Å². The highest BCUT2D eigenvalue weighted by Crippen LogP contribution is 2.36. The van der Waals surface area contributed by atoms with Crippen LogP contribution < -0.4 is 4.74 Å². The first-order valence-electron chi connectivity index (χ1n) is 9.45. The van der Waals surface area contributed by atoms with E-state index >= 15 is 0 Å². The number of carbonyl (C=O) groups excluding carboxylic acids is 1. The molecule has 0 aliphatic carbocycles. The quantitative estimate of drug-likeness (QED) is 0.152. The summed E-state index contributed by atoms with van der Waals surface area (Å²) >= 11 is 0. The van der Waals surface area contributed by atoms with Crippen LogP contribution in [0.2, 0.25) is 0 Å². The van der Waals surface area contributed by atoms with Crippen LogP contribution in [0.15, 0.2) is 41.5 Å². The fourth-order valence-corrected chi connectivity index (χ4v) is 3.26. The van der Waals surface area contributed by atoms with Gasteiger partial charge in [-0.1, -0.05) is 29.4 Å². The standard InChI is InChI=1S/C20H21N3O9/c21-23-22-10-3-1-9(2-4-10)5-12(26)16-13(27)6-11(25)7-14(16)31-20-19(30)18(29)17(28)15(8-24)32-20/h1-4,6-7,15,17-20,24-25,27-30H,5,8H2/t15-,17-,18+,19-,20-/m0/s1. The van der Waals surface area contributed by atoms with Gasteiger partial charge in [0.1, 0.15) is 47.2 Å². The van der Waals surface area contributed by atoms with Crippen LogP contribution in [-0.4, -0.2) is 73.7 Å². The minimum atomic E-state index is -1.76. The number of hydrogen-bond donors (Lipinski definition) is 6. The van der Waals surface area contributed by atoms with Crippen LogP contribution in [0.5, 0.6) is 17.2 Å². The van der Waals surface area contributed by atoms with E-state index < -0.39 is 54.6 Å². The van der Waals surface area contributed by atoms with E-state index in [1.807, 2.05) is 0 Å². The number of benzene rings is 2. The highest BCUT2D eigenvalue weighted by molar-refractivity contribution is 6.02. The van der Waals surface area contributed by atoms with Gasteiger partial charge < -0.3 is 40.1 Å². The maximum atomic E-state index is 12.9. The minimum Gasteiger partial charge on any atom is -0.508 e. The molecule has 2 aromatic rings. The number of aromatic hydroxyl groups is 2. The molecule has 1 aliphatic rings. The lowest BCUT2D eigenvalue weighted by Gasteiger charge is -2.39. The van der Waals surface area contributed by atoms with Gasteiger partial charge in [-0.25, -0.2) is 0 Å². The summed E-state index contributed by atoms with van der Waals surface area (Å²) in [5.41, 5.74) is 9.01. The summed E-state index contributed by atoms with van der Waals surface area (Å²) in [6, 6.07) is 8.06. The van der Waals surface area contributed by atoms with Crippen molar-refractivity contribution >= 4 is 11.5 Å². The van der Waals surface area contributed by atoms with Gasteiger partial charge in [0, 0.05) is 29.2 Å². The van der Waals surface area contributed by atoms with Crippen molar-refractivity contribution < 1.29 is 44.9 Å². The van der Waals surface area contributed by atoms with Crippen molar-refractivity contribution in [3.05, 3.63) is 58.0 Å². The largest absolute Gasteiger partial charge is 0.508 e. The molecule has 12 heteroatoms. The van der Waals surface area contributed by atoms with E-state index in [9.17, 15) is 35.4 Å². The summed E-state index contributed by atoms with van der Waals surface area (Å²) in [5, 5.41) is 62.8. The Labute approximate surface area is 181 Å². The third-order valence-corrected chi connectivity index (χ3v) is 4.90. The molecule has 32 heavy (non-hydrogen) atoms. The number of azide groups is 1. The molecule has 6 N–H and O–H groups in total. The zero-order valence-electron chi connectivity index (χ0n) is 16.5. The topological polar surface area (TPSA) is 206 Å². The molecule has 0 unspecified atom stereocenters. The summed E-state index contributed by atoms with van der Waals surface area (Å²) < 4.78 is 10.7. The summed E-state index contributed by atoms with van der Waals surface area (Å²) in [4.78, 5) is 15.6. The number of aliphatic hydroxyl groups excluding tert-OH is 4. The van der Waals surface area contributed by atoms with E-state index in [2.05, 4.69) is 10.0 Å². The normalized spacial score (nSPS) is 25.1. The summed E-state index contributed by atoms with van der Waals surface area (Å²) in [6.07, 6.45) is -8.15. The Morgan fingerprint density at radius 2 is 1.78 bits per heavy atom. The van der Waals surface area contributed by atoms with Gasteiger partial charge in [0.2, 0.25) is 6.29 Å². The van der Waals surface area contributed by atoms with Crippen molar-refractivity contribution in [2.24, 2.45) is 5.11 Å². The highest BCUT2D eigenvalue weighted by Gasteiger charge is 2.45. The predicted molar refractivity (Wildman–Crippen MR) is 107 cm³/mol. The Balaban J connectivity index is 1.87. The third-order valence-electron chi connectivity index (χ3n) is 4.90. The van der Waals surface area contributed by atoms with Crippen LogP contribution in [0.25, 0.3) is 10.4 Å². The average Bonchev–Trinajstić information content (AvgIpc) is 2.75. The number of phenols is 2. The number of nitrogens with zero attached hydrogens (tertiary/aromatic N) is 3. The maximum absolute atomic E-state index is 12.9. The zero-order chi connectivity index (χ0) is 23.4. The number of carbonyl (C=O) groups is 1. The number of ketones is 1. The van der Waals surface area contributed by atoms with Crippen LogP contribution in [0.3, 0.4) is 0 Å². The first-order valence-corrected chi connectivity index (χ1v) is 9.45. The van der Waals surface area contributed by atoms with Crippen molar-refractivity contribution in [2.45, 2.75) is 37.1 Å². The van der Waals surface area contributed by atoms with Crippen molar-refractivity contribution in [2.75, 3.05) is 6.61 Å². The minimum absolute atomic E-state index is 0.195. The molecule has 0 saturated carbocycles. The maximum Gasteiger partial charge on any atom is 0.229 e. The molecule has 0 amide bonds. The lowest BCUT2D eigenvalue weighted by molar-refractivity contribution is -0.277. The Morgan fingerprint density at radius 3 is 2.41 bits per heavy atom. The molecule has 0 bridgehead atoms. The van der Waals surface area contributed by atoms with Crippen molar-refractivity contribution in [1.82, 2.24) is 0 Å². The molecule has 5 atom stereocenters. The molecule has 12 nitrogen and oxygen atoms in total. The SMILES string of the molecule is [N-]=[N+]=Nc1ccc(CC(=O)c2c(O)cc(O)cc2O[C@H]2O[C@@H](CO)[C@H](O)[C@@H](O)[C@@H]2O)cc1. The van der Waals surface area contributed by atoms with E-state index in [1.54, 1.807) is 12.1 Å². The molecule has 0 spiro atoms. The summed E-state index contributed by atoms with van der Waals surface area (Å²) in [5.74, 6) is -2.00. The fourth-order valence-electron chi connectivity index (χ4n) is 3.26. The molecule has 1 heterocycles. The molecule has 1 fully saturated rings. The lowest BCUT2D eigenvalue weighted by Crippen LogP contribution is -2.60. The van der Waals surface area contributed by atoms with Crippen LogP contribution in [0, 0.1) is 0 Å². The average molecular weight is 447 g/mol. The molecule has 1 aliphatic heterocycles. The van der Waals surface area contributed by atoms with Crippen LogP contribution >= 0.6 is 0 Å². The molecular weight excluding hydrogens is 426 g/mol. The molecule has 0 radical (unpaired) electrons. The van der Waals surface area contributed by atoms with Crippen molar-refractivity contribution in [1.29, 1.82) is 0 Å². The molecule has 170 valence electrons. The van der Waals surface area contributed by atoms with Crippen LogP contribution in [0.1, 0.15) is 15.9 Å². The molecule has 3 rings (SSSR count). The first-order chi connectivity index (χ1) is 15.2. The first kappa shape index (κ1) is 23.3. The fraction of sp³-hybridized carbons (Fsp3) is 0.350. The van der Waals surface area contributed by atoms with Gasteiger partial charge in [-0.05, 0) is 11.1 Å². The predicted octanol–water partition coefficient (Wildman–Crippen LogP) is 0.644. The summed E-state index contributed by atoms with van der Waals surface area (Å²) in [6.45, 7) is -0.687. The number of aliphatic hydroxyl groups is 4. The van der Waals surface area contributed by atoms with Crippen molar-refractivity contribution in [3.8, 4) is 17.2 Å². The second-order valence-electron chi connectivity index (χ2n) is 7.11. The van der Waals surface area contributed by atoms with E-state index in [0.29, 0.717) is 11.3 Å². The molecule has 0 aromatic heterocycles. The number of phenolic OH excluding ortho intramolecular Hbond substituents is 2. The Morgan fingerprint density at radius 1 is 1.09 bits per heavy atom. The van der Waals surface area contributed by atoms with E-state index in [0.717, 1.165) is 12.1 Å².